The molecule has 1 aliphatic heterocycles. The van der Waals surface area contributed by atoms with Gasteiger partial charge in [-0.1, -0.05) is 12.1 Å². The van der Waals surface area contributed by atoms with Crippen molar-refractivity contribution in [2.75, 3.05) is 44.7 Å². The number of nitrogens with zero attached hydrogens (tertiary/aromatic N) is 1. The first-order valence-corrected chi connectivity index (χ1v) is 6.25. The Bertz CT molecular complexity index is 402. The van der Waals surface area contributed by atoms with Gasteiger partial charge in [0.05, 0.1) is 13.2 Å². The molecule has 5 heteroatoms. The highest BCUT2D eigenvalue weighted by atomic mass is 16.5. The van der Waals surface area contributed by atoms with E-state index in [9.17, 15) is 0 Å². The van der Waals surface area contributed by atoms with E-state index in [2.05, 4.69) is 10.2 Å². The molecule has 2 rings (SSSR count). The maximum absolute atomic E-state index is 7.52. The van der Waals surface area contributed by atoms with Gasteiger partial charge in [0.25, 0.3) is 0 Å². The highest BCUT2D eigenvalue weighted by Crippen LogP contribution is 2.13. The van der Waals surface area contributed by atoms with Gasteiger partial charge in [-0.25, -0.2) is 0 Å². The van der Waals surface area contributed by atoms with E-state index < -0.39 is 0 Å². The fourth-order valence-corrected chi connectivity index (χ4v) is 2.05. The summed E-state index contributed by atoms with van der Waals surface area (Å²) in [6.45, 7) is 5.47. The summed E-state index contributed by atoms with van der Waals surface area (Å²) < 4.78 is 5.31. The molecule has 1 heterocycles. The Morgan fingerprint density at radius 3 is 2.78 bits per heavy atom. The van der Waals surface area contributed by atoms with Crippen molar-refractivity contribution in [2.45, 2.75) is 0 Å². The van der Waals surface area contributed by atoms with Gasteiger partial charge in [-0.2, -0.15) is 0 Å². The van der Waals surface area contributed by atoms with E-state index >= 15 is 0 Å². The van der Waals surface area contributed by atoms with Gasteiger partial charge < -0.3 is 15.8 Å². The number of rotatable bonds is 5. The molecule has 0 bridgehead atoms. The van der Waals surface area contributed by atoms with E-state index in [1.54, 1.807) is 0 Å². The van der Waals surface area contributed by atoms with Crippen LogP contribution in [-0.2, 0) is 4.74 Å². The zero-order chi connectivity index (χ0) is 12.8. The van der Waals surface area contributed by atoms with Gasteiger partial charge in [0.15, 0.2) is 0 Å². The van der Waals surface area contributed by atoms with Crippen molar-refractivity contribution in [3.05, 3.63) is 29.8 Å². The van der Waals surface area contributed by atoms with Crippen molar-refractivity contribution >= 4 is 11.5 Å². The molecule has 0 aliphatic carbocycles. The van der Waals surface area contributed by atoms with Crippen molar-refractivity contribution in [1.29, 1.82) is 5.41 Å². The molecule has 0 radical (unpaired) electrons. The number of benzene rings is 1. The number of hydrogen-bond acceptors (Lipinski definition) is 4. The quantitative estimate of drug-likeness (QED) is 0.530. The van der Waals surface area contributed by atoms with Gasteiger partial charge in [0, 0.05) is 37.4 Å². The number of nitrogen functional groups attached to an aromatic ring is 1. The maximum atomic E-state index is 7.52. The van der Waals surface area contributed by atoms with Gasteiger partial charge in [0.2, 0.25) is 0 Å². The van der Waals surface area contributed by atoms with Crippen LogP contribution in [0, 0.1) is 5.41 Å². The van der Waals surface area contributed by atoms with E-state index in [-0.39, 0.29) is 5.84 Å². The molecule has 0 aromatic heterocycles. The van der Waals surface area contributed by atoms with Crippen molar-refractivity contribution in [3.8, 4) is 0 Å². The number of morpholine rings is 1. The standard InChI is InChI=1S/C13H20N4O/c14-13(15)11-3-1-2-4-12(11)16-5-6-17-7-9-18-10-8-17/h1-4,16H,5-10H2,(H3,14,15). The van der Waals surface area contributed by atoms with Crippen LogP contribution in [0.1, 0.15) is 5.56 Å². The van der Waals surface area contributed by atoms with Gasteiger partial charge in [0.1, 0.15) is 5.84 Å². The second-order valence-corrected chi connectivity index (χ2v) is 4.34. The van der Waals surface area contributed by atoms with E-state index in [0.717, 1.165) is 50.6 Å². The first-order valence-electron chi connectivity index (χ1n) is 6.25. The smallest absolute Gasteiger partial charge is 0.124 e. The van der Waals surface area contributed by atoms with E-state index in [4.69, 9.17) is 15.9 Å². The number of ether oxygens (including phenoxy) is 1. The molecule has 0 amide bonds. The lowest BCUT2D eigenvalue weighted by molar-refractivity contribution is 0.0398. The van der Waals surface area contributed by atoms with Crippen LogP contribution in [0.15, 0.2) is 24.3 Å². The summed E-state index contributed by atoms with van der Waals surface area (Å²) in [6.07, 6.45) is 0. The Hall–Kier alpha value is -1.59. The highest BCUT2D eigenvalue weighted by molar-refractivity contribution is 6.00. The molecule has 1 aromatic rings. The van der Waals surface area contributed by atoms with Crippen LogP contribution in [0.2, 0.25) is 0 Å². The molecule has 4 N–H and O–H groups in total. The van der Waals surface area contributed by atoms with Crippen LogP contribution < -0.4 is 11.1 Å². The third kappa shape index (κ3) is 3.45. The fourth-order valence-electron chi connectivity index (χ4n) is 2.05. The summed E-state index contributed by atoms with van der Waals surface area (Å²) in [6, 6.07) is 7.66. The molecule has 0 unspecified atom stereocenters. The Labute approximate surface area is 107 Å². The molecular formula is C13H20N4O. The summed E-state index contributed by atoms with van der Waals surface area (Å²) in [5.41, 5.74) is 7.24. The number of para-hydroxylation sites is 1. The summed E-state index contributed by atoms with van der Waals surface area (Å²) in [5, 5.41) is 10.9. The second-order valence-electron chi connectivity index (χ2n) is 4.34. The minimum Gasteiger partial charge on any atom is -0.384 e. The minimum atomic E-state index is 0.101. The van der Waals surface area contributed by atoms with Gasteiger partial charge >= 0.3 is 0 Å². The Balaban J connectivity index is 1.84. The summed E-state index contributed by atoms with van der Waals surface area (Å²) >= 11 is 0. The molecule has 1 saturated heterocycles. The largest absolute Gasteiger partial charge is 0.384 e. The lowest BCUT2D eigenvalue weighted by Crippen LogP contribution is -2.39. The third-order valence-electron chi connectivity index (χ3n) is 3.06. The zero-order valence-corrected chi connectivity index (χ0v) is 10.5. The topological polar surface area (TPSA) is 74.4 Å². The van der Waals surface area contributed by atoms with Crippen molar-refractivity contribution in [1.82, 2.24) is 4.90 Å². The van der Waals surface area contributed by atoms with Crippen LogP contribution in [-0.4, -0.2) is 50.1 Å². The Morgan fingerprint density at radius 1 is 1.33 bits per heavy atom. The number of amidine groups is 1. The van der Waals surface area contributed by atoms with Gasteiger partial charge in [-0.3, -0.25) is 10.3 Å². The summed E-state index contributed by atoms with van der Waals surface area (Å²) in [7, 11) is 0. The van der Waals surface area contributed by atoms with Crippen LogP contribution in [0.25, 0.3) is 0 Å². The lowest BCUT2D eigenvalue weighted by atomic mass is 10.1. The first kappa shape index (κ1) is 12.9. The minimum absolute atomic E-state index is 0.101. The Kier molecular flexibility index (Phi) is 4.55. The van der Waals surface area contributed by atoms with Crippen LogP contribution >= 0.6 is 0 Å². The third-order valence-corrected chi connectivity index (χ3v) is 3.06. The second kappa shape index (κ2) is 6.37. The highest BCUT2D eigenvalue weighted by Gasteiger charge is 2.10. The molecular weight excluding hydrogens is 228 g/mol. The molecule has 18 heavy (non-hydrogen) atoms. The average Bonchev–Trinajstić information content (AvgIpc) is 2.40. The van der Waals surface area contributed by atoms with E-state index in [0.29, 0.717) is 0 Å². The predicted molar refractivity (Wildman–Crippen MR) is 73.2 cm³/mol. The van der Waals surface area contributed by atoms with Crippen LogP contribution in [0.5, 0.6) is 0 Å². The molecule has 1 fully saturated rings. The van der Waals surface area contributed by atoms with Gasteiger partial charge in [-0.05, 0) is 12.1 Å². The lowest BCUT2D eigenvalue weighted by Gasteiger charge is -2.26. The molecule has 0 saturated carbocycles. The number of nitrogens with two attached hydrogens (primary N) is 1. The zero-order valence-electron chi connectivity index (χ0n) is 10.5. The molecule has 98 valence electrons. The van der Waals surface area contributed by atoms with E-state index in [1.807, 2.05) is 24.3 Å². The normalized spacial score (nSPS) is 16.4. The van der Waals surface area contributed by atoms with Crippen molar-refractivity contribution in [3.63, 3.8) is 0 Å². The number of anilines is 1. The summed E-state index contributed by atoms with van der Waals surface area (Å²) in [4.78, 5) is 2.37. The van der Waals surface area contributed by atoms with Crippen LogP contribution in [0.4, 0.5) is 5.69 Å². The molecule has 5 nitrogen and oxygen atoms in total. The molecule has 1 aliphatic rings. The fraction of sp³-hybridized carbons (Fsp3) is 0.462. The average molecular weight is 248 g/mol. The number of nitrogens with one attached hydrogen (secondary N) is 2. The van der Waals surface area contributed by atoms with Gasteiger partial charge in [-0.15, -0.1) is 0 Å². The number of hydrogen-bond donors (Lipinski definition) is 3. The molecule has 0 atom stereocenters. The van der Waals surface area contributed by atoms with E-state index in [1.165, 1.54) is 0 Å². The predicted octanol–water partition coefficient (Wildman–Crippen LogP) is 0.715. The first-order chi connectivity index (χ1) is 8.77. The Morgan fingerprint density at radius 2 is 2.06 bits per heavy atom. The maximum Gasteiger partial charge on any atom is 0.124 e. The molecule has 0 spiro atoms. The van der Waals surface area contributed by atoms with Crippen molar-refractivity contribution in [2.24, 2.45) is 5.73 Å². The monoisotopic (exact) mass is 248 g/mol. The summed E-state index contributed by atoms with van der Waals surface area (Å²) in [5.74, 6) is 0.101. The van der Waals surface area contributed by atoms with Crippen molar-refractivity contribution < 1.29 is 4.74 Å². The SMILES string of the molecule is N=C(N)c1ccccc1NCCN1CCOCC1. The molecule has 1 aromatic carbocycles. The van der Waals surface area contributed by atoms with Crippen LogP contribution in [0.3, 0.4) is 0 Å².